The lowest BCUT2D eigenvalue weighted by atomic mass is 9.85. The summed E-state index contributed by atoms with van der Waals surface area (Å²) in [5, 5.41) is 17.0. The monoisotopic (exact) mass is 757 g/mol. The molecule has 2 heterocycles. The van der Waals surface area contributed by atoms with Gasteiger partial charge in [0.25, 0.3) is 0 Å². The number of fused-ring (bicyclic) bond motifs is 2. The van der Waals surface area contributed by atoms with Crippen LogP contribution in [-0.4, -0.2) is 86.1 Å². The minimum absolute atomic E-state index is 0.293. The van der Waals surface area contributed by atoms with Crippen LogP contribution < -0.4 is 29.9 Å². The molecule has 2 unspecified atom stereocenters. The number of hydrogen-bond donors (Lipinski definition) is 4. The predicted molar refractivity (Wildman–Crippen MR) is 211 cm³/mol. The quantitative estimate of drug-likeness (QED) is 0.0579. The molecule has 0 spiro atoms. The summed E-state index contributed by atoms with van der Waals surface area (Å²) in [6, 6.07) is 9.45. The maximum atomic E-state index is 11.0. The second-order valence-corrected chi connectivity index (χ2v) is 15.0. The van der Waals surface area contributed by atoms with Crippen molar-refractivity contribution in [2.75, 3.05) is 48.1 Å². The molecule has 0 aromatic heterocycles. The molecule has 0 fully saturated rings. The maximum absolute atomic E-state index is 11.0. The molecule has 2 aliphatic heterocycles. The van der Waals surface area contributed by atoms with Crippen LogP contribution in [0.2, 0.25) is 0 Å². The summed E-state index contributed by atoms with van der Waals surface area (Å²) in [7, 11) is 6.74. The zero-order valence-electron chi connectivity index (χ0n) is 34.0. The summed E-state index contributed by atoms with van der Waals surface area (Å²) in [6.07, 6.45) is 13.5. The van der Waals surface area contributed by atoms with E-state index < -0.39 is 0 Å². The smallest absolute Gasteiger partial charge is 0.243 e. The van der Waals surface area contributed by atoms with Gasteiger partial charge in [0.2, 0.25) is 11.8 Å². The second-order valence-electron chi connectivity index (χ2n) is 15.0. The van der Waals surface area contributed by atoms with Crippen LogP contribution in [0.25, 0.3) is 0 Å². The van der Waals surface area contributed by atoms with Gasteiger partial charge in [0.05, 0.1) is 28.4 Å². The standard InChI is InChI=1S/C22H36N2O4.C20H32N2O4/c1-16(2)22-18-15-20(28-4)19(27-3)14-17(18)11-13-24(22)12-9-7-5-6-8-10-21(25)23-26;1-15-11-16-12-18(25-2)19(26-3)13-17(16)14-22(15)10-8-6-4-5-7-9-20(23)21-24/h14-16,22,26H,5-13H2,1-4H3,(H,23,25);12-13,15,24H,4-11,14H2,1-3H3,(H,21,23). The minimum atomic E-state index is -0.294. The first-order valence-corrected chi connectivity index (χ1v) is 19.9. The number of amides is 2. The molecule has 2 aromatic carbocycles. The lowest BCUT2D eigenvalue weighted by molar-refractivity contribution is -0.130. The number of nitrogens with zero attached hydrogens (tertiary/aromatic N) is 2. The third kappa shape index (κ3) is 13.6. The molecule has 54 heavy (non-hydrogen) atoms. The number of methoxy groups -OCH3 is 4. The first-order valence-electron chi connectivity index (χ1n) is 19.9. The van der Waals surface area contributed by atoms with Crippen molar-refractivity contribution in [3.8, 4) is 23.0 Å². The highest BCUT2D eigenvalue weighted by atomic mass is 16.5. The Morgan fingerprint density at radius 2 is 1.11 bits per heavy atom. The average molecular weight is 757 g/mol. The number of hydrogen-bond acceptors (Lipinski definition) is 10. The van der Waals surface area contributed by atoms with Crippen LogP contribution in [-0.2, 0) is 29.0 Å². The summed E-state index contributed by atoms with van der Waals surface area (Å²) >= 11 is 0. The fourth-order valence-corrected chi connectivity index (χ4v) is 7.86. The van der Waals surface area contributed by atoms with E-state index in [1.54, 1.807) is 39.4 Å². The number of hydroxylamine groups is 2. The second kappa shape index (κ2) is 24.0. The first kappa shape index (κ1) is 44.8. The molecule has 0 saturated heterocycles. The highest BCUT2D eigenvalue weighted by Crippen LogP contribution is 2.41. The Balaban J connectivity index is 0.000000291. The Kier molecular flexibility index (Phi) is 20.0. The van der Waals surface area contributed by atoms with Gasteiger partial charge in [-0.1, -0.05) is 52.4 Å². The van der Waals surface area contributed by atoms with Gasteiger partial charge in [0.1, 0.15) is 0 Å². The third-order valence-corrected chi connectivity index (χ3v) is 10.8. The fraction of sp³-hybridized carbons (Fsp3) is 0.667. The Bertz CT molecular complexity index is 1440. The first-order chi connectivity index (χ1) is 26.1. The number of ether oxygens (including phenoxy) is 4. The van der Waals surface area contributed by atoms with Crippen molar-refractivity contribution < 1.29 is 39.0 Å². The normalized spacial score (nSPS) is 16.8. The van der Waals surface area contributed by atoms with E-state index >= 15 is 0 Å². The molecule has 0 saturated carbocycles. The van der Waals surface area contributed by atoms with Gasteiger partial charge in [-0.2, -0.15) is 0 Å². The number of unbranched alkanes of at least 4 members (excludes halogenated alkanes) is 8. The molecule has 2 amide bonds. The van der Waals surface area contributed by atoms with E-state index in [9.17, 15) is 9.59 Å². The van der Waals surface area contributed by atoms with Crippen LogP contribution in [0.5, 0.6) is 23.0 Å². The molecule has 2 aromatic rings. The van der Waals surface area contributed by atoms with Gasteiger partial charge in [0, 0.05) is 38.0 Å². The summed E-state index contributed by atoms with van der Waals surface area (Å²) in [6.45, 7) is 11.1. The van der Waals surface area contributed by atoms with Crippen molar-refractivity contribution in [3.63, 3.8) is 0 Å². The van der Waals surface area contributed by atoms with E-state index in [1.807, 2.05) is 0 Å². The van der Waals surface area contributed by atoms with Crippen molar-refractivity contribution in [1.29, 1.82) is 0 Å². The van der Waals surface area contributed by atoms with E-state index in [2.05, 4.69) is 54.8 Å². The zero-order valence-corrected chi connectivity index (χ0v) is 34.0. The van der Waals surface area contributed by atoms with Crippen molar-refractivity contribution in [2.45, 2.75) is 129 Å². The lowest BCUT2D eigenvalue weighted by Crippen LogP contribution is -2.38. The van der Waals surface area contributed by atoms with Gasteiger partial charge in [-0.25, -0.2) is 11.0 Å². The van der Waals surface area contributed by atoms with Gasteiger partial charge in [0.15, 0.2) is 23.0 Å². The molecule has 0 aliphatic carbocycles. The highest BCUT2D eigenvalue weighted by Gasteiger charge is 2.31. The molecule has 12 heteroatoms. The van der Waals surface area contributed by atoms with E-state index in [4.69, 9.17) is 29.4 Å². The van der Waals surface area contributed by atoms with Gasteiger partial charge < -0.3 is 18.9 Å². The number of rotatable bonds is 21. The van der Waals surface area contributed by atoms with Crippen molar-refractivity contribution >= 4 is 11.8 Å². The van der Waals surface area contributed by atoms with Crippen molar-refractivity contribution in [3.05, 3.63) is 46.5 Å². The summed E-state index contributed by atoms with van der Waals surface area (Å²) in [5.74, 6) is 3.16. The fourth-order valence-electron chi connectivity index (χ4n) is 7.86. The lowest BCUT2D eigenvalue weighted by Gasteiger charge is -2.40. The van der Waals surface area contributed by atoms with Gasteiger partial charge in [-0.15, -0.1) is 0 Å². The Morgan fingerprint density at radius 3 is 1.61 bits per heavy atom. The van der Waals surface area contributed by atoms with Crippen molar-refractivity contribution in [2.24, 2.45) is 5.92 Å². The molecule has 2 aliphatic rings. The van der Waals surface area contributed by atoms with Crippen molar-refractivity contribution in [1.82, 2.24) is 20.8 Å². The maximum Gasteiger partial charge on any atom is 0.243 e. The average Bonchev–Trinajstić information content (AvgIpc) is 3.18. The van der Waals surface area contributed by atoms with Gasteiger partial charge in [-0.3, -0.25) is 29.8 Å². The Hall–Kier alpha value is -3.58. The number of benzene rings is 2. The number of carbonyl (C=O) groups excluding carboxylic acids is 2. The van der Waals surface area contributed by atoms with Crippen LogP contribution in [0.4, 0.5) is 0 Å². The molecular weight excluding hydrogens is 688 g/mol. The molecular formula is C42H68N4O8. The molecule has 2 atom stereocenters. The molecule has 12 nitrogen and oxygen atoms in total. The van der Waals surface area contributed by atoms with Crippen LogP contribution in [0.15, 0.2) is 24.3 Å². The van der Waals surface area contributed by atoms with Crippen LogP contribution >= 0.6 is 0 Å². The minimum Gasteiger partial charge on any atom is -0.493 e. The van der Waals surface area contributed by atoms with Crippen LogP contribution in [0.1, 0.15) is 126 Å². The predicted octanol–water partition coefficient (Wildman–Crippen LogP) is 7.40. The largest absolute Gasteiger partial charge is 0.493 e. The van der Waals surface area contributed by atoms with Crippen LogP contribution in [0.3, 0.4) is 0 Å². The topological polar surface area (TPSA) is 142 Å². The van der Waals surface area contributed by atoms with E-state index in [0.29, 0.717) is 30.8 Å². The molecule has 4 N–H and O–H groups in total. The van der Waals surface area contributed by atoms with E-state index in [1.165, 1.54) is 41.5 Å². The molecule has 304 valence electrons. The highest BCUT2D eigenvalue weighted by molar-refractivity contribution is 5.74. The van der Waals surface area contributed by atoms with Gasteiger partial charge in [-0.05, 0) is 111 Å². The van der Waals surface area contributed by atoms with Gasteiger partial charge >= 0.3 is 0 Å². The Labute approximate surface area is 323 Å². The molecule has 0 radical (unpaired) electrons. The SMILES string of the molecule is COc1cc2c(cc1OC)C(C(C)C)N(CCCCCCCC(=O)NO)CC2.COc1cc2c(cc1OC)CN(CCCCCCCC(=O)NO)C(C)C2. The number of nitrogens with one attached hydrogen (secondary N) is 2. The summed E-state index contributed by atoms with van der Waals surface area (Å²) in [5.41, 5.74) is 8.79. The molecule has 0 bridgehead atoms. The zero-order chi connectivity index (χ0) is 39.5. The summed E-state index contributed by atoms with van der Waals surface area (Å²) in [4.78, 5) is 27.1. The summed E-state index contributed by atoms with van der Waals surface area (Å²) < 4.78 is 21.9. The molecule has 4 rings (SSSR count). The number of carbonyl (C=O) groups is 2. The van der Waals surface area contributed by atoms with E-state index in [-0.39, 0.29) is 11.8 Å². The van der Waals surface area contributed by atoms with Crippen LogP contribution in [0, 0.1) is 5.92 Å². The van der Waals surface area contributed by atoms with E-state index in [0.717, 1.165) is 107 Å². The Morgan fingerprint density at radius 1 is 0.667 bits per heavy atom. The third-order valence-electron chi connectivity index (χ3n) is 10.8.